The highest BCUT2D eigenvalue weighted by molar-refractivity contribution is 6.31. The molecule has 0 aliphatic carbocycles. The lowest BCUT2D eigenvalue weighted by atomic mass is 10.2. The maximum atomic E-state index is 6.11. The zero-order valence-electron chi connectivity index (χ0n) is 11.3. The lowest BCUT2D eigenvalue weighted by Gasteiger charge is -2.10. The first kappa shape index (κ1) is 13.0. The molecule has 2 aromatic rings. The molecule has 1 heterocycles. The Morgan fingerprint density at radius 1 is 1.22 bits per heavy atom. The van der Waals surface area contributed by atoms with E-state index in [1.54, 1.807) is 0 Å². The van der Waals surface area contributed by atoms with Crippen molar-refractivity contribution in [3.05, 3.63) is 51.8 Å². The van der Waals surface area contributed by atoms with Crippen molar-refractivity contribution in [1.29, 1.82) is 0 Å². The summed E-state index contributed by atoms with van der Waals surface area (Å²) in [5.41, 5.74) is 6.12. The molecule has 0 bridgehead atoms. The first-order chi connectivity index (χ1) is 8.50. The van der Waals surface area contributed by atoms with Crippen LogP contribution in [0.15, 0.2) is 24.3 Å². The van der Waals surface area contributed by atoms with Gasteiger partial charge in [-0.2, -0.15) is 0 Å². The fourth-order valence-electron chi connectivity index (χ4n) is 2.10. The topological polar surface area (TPSA) is 17.0 Å². The molecule has 1 aromatic carbocycles. The lowest BCUT2D eigenvalue weighted by molar-refractivity contribution is 0.837. The van der Waals surface area contributed by atoms with Gasteiger partial charge in [0.1, 0.15) is 0 Å². The number of anilines is 1. The molecule has 1 N–H and O–H groups in total. The van der Waals surface area contributed by atoms with Crippen molar-refractivity contribution in [2.75, 3.05) is 5.32 Å². The third kappa shape index (κ3) is 2.39. The predicted octanol–water partition coefficient (Wildman–Crippen LogP) is 4.22. The van der Waals surface area contributed by atoms with Crippen LogP contribution in [-0.2, 0) is 13.6 Å². The van der Waals surface area contributed by atoms with Crippen LogP contribution < -0.4 is 5.32 Å². The van der Waals surface area contributed by atoms with E-state index in [1.165, 1.54) is 17.0 Å². The molecule has 0 saturated carbocycles. The van der Waals surface area contributed by atoms with Gasteiger partial charge in [-0.15, -0.1) is 0 Å². The Balaban J connectivity index is 2.16. The maximum absolute atomic E-state index is 6.11. The molecule has 1 aromatic heterocycles. The van der Waals surface area contributed by atoms with Gasteiger partial charge in [0, 0.05) is 35.7 Å². The first-order valence-corrected chi connectivity index (χ1v) is 6.49. The van der Waals surface area contributed by atoms with Crippen LogP contribution in [0.3, 0.4) is 0 Å². The summed E-state index contributed by atoms with van der Waals surface area (Å²) in [4.78, 5) is 0. The van der Waals surface area contributed by atoms with Crippen LogP contribution in [-0.4, -0.2) is 4.57 Å². The number of nitrogens with zero attached hydrogens (tertiary/aromatic N) is 1. The third-order valence-electron chi connectivity index (χ3n) is 3.62. The molecule has 0 amide bonds. The van der Waals surface area contributed by atoms with E-state index in [2.05, 4.69) is 42.9 Å². The number of aromatic nitrogens is 1. The second kappa shape index (κ2) is 5.07. The van der Waals surface area contributed by atoms with Gasteiger partial charge in [0.15, 0.2) is 0 Å². The molecule has 0 atom stereocenters. The third-order valence-corrected chi connectivity index (χ3v) is 4.03. The van der Waals surface area contributed by atoms with Crippen LogP contribution in [0, 0.1) is 20.8 Å². The second-order valence-corrected chi connectivity index (χ2v) is 5.13. The highest BCUT2D eigenvalue weighted by atomic mass is 35.5. The van der Waals surface area contributed by atoms with E-state index >= 15 is 0 Å². The molecule has 0 fully saturated rings. The standard InChI is InChI=1S/C15H19ClN2/c1-10-8-13(12(3)18(10)4)9-17-15-7-5-6-14(16)11(15)2/h5-8,17H,9H2,1-4H3. The molecule has 0 saturated heterocycles. The molecule has 96 valence electrons. The van der Waals surface area contributed by atoms with Crippen molar-refractivity contribution in [3.8, 4) is 0 Å². The average Bonchev–Trinajstić information content (AvgIpc) is 2.59. The van der Waals surface area contributed by atoms with Crippen molar-refractivity contribution in [1.82, 2.24) is 4.57 Å². The molecule has 2 rings (SSSR count). The largest absolute Gasteiger partial charge is 0.381 e. The van der Waals surface area contributed by atoms with E-state index in [4.69, 9.17) is 11.6 Å². The van der Waals surface area contributed by atoms with E-state index in [0.29, 0.717) is 0 Å². The molecular weight excluding hydrogens is 244 g/mol. The molecule has 0 spiro atoms. The van der Waals surface area contributed by atoms with Gasteiger partial charge in [-0.25, -0.2) is 0 Å². The van der Waals surface area contributed by atoms with Gasteiger partial charge in [0.25, 0.3) is 0 Å². The SMILES string of the molecule is Cc1c(Cl)cccc1NCc1cc(C)n(C)c1C. The Morgan fingerprint density at radius 3 is 2.56 bits per heavy atom. The highest BCUT2D eigenvalue weighted by Crippen LogP contribution is 2.24. The van der Waals surface area contributed by atoms with Crippen LogP contribution >= 0.6 is 11.6 Å². The van der Waals surface area contributed by atoms with E-state index in [-0.39, 0.29) is 0 Å². The highest BCUT2D eigenvalue weighted by Gasteiger charge is 2.07. The molecule has 3 heteroatoms. The number of hydrogen-bond acceptors (Lipinski definition) is 1. The predicted molar refractivity (Wildman–Crippen MR) is 78.4 cm³/mol. The maximum Gasteiger partial charge on any atom is 0.0455 e. The minimum atomic E-state index is 0.806. The molecule has 0 radical (unpaired) electrons. The second-order valence-electron chi connectivity index (χ2n) is 4.72. The summed E-state index contributed by atoms with van der Waals surface area (Å²) in [5, 5.41) is 4.26. The molecule has 0 aliphatic rings. The van der Waals surface area contributed by atoms with Crippen molar-refractivity contribution < 1.29 is 0 Å². The van der Waals surface area contributed by atoms with Gasteiger partial charge < -0.3 is 9.88 Å². The first-order valence-electron chi connectivity index (χ1n) is 6.11. The van der Waals surface area contributed by atoms with Crippen molar-refractivity contribution in [3.63, 3.8) is 0 Å². The fraction of sp³-hybridized carbons (Fsp3) is 0.333. The zero-order chi connectivity index (χ0) is 13.3. The van der Waals surface area contributed by atoms with Gasteiger partial charge in [0.05, 0.1) is 0 Å². The van der Waals surface area contributed by atoms with E-state index in [0.717, 1.165) is 22.8 Å². The fourth-order valence-corrected chi connectivity index (χ4v) is 2.28. The van der Waals surface area contributed by atoms with Crippen molar-refractivity contribution >= 4 is 17.3 Å². The quantitative estimate of drug-likeness (QED) is 0.877. The Hall–Kier alpha value is -1.41. The van der Waals surface area contributed by atoms with Crippen LogP contribution in [0.1, 0.15) is 22.5 Å². The molecule has 0 aliphatic heterocycles. The number of halogens is 1. The normalized spacial score (nSPS) is 10.7. The lowest BCUT2D eigenvalue weighted by Crippen LogP contribution is -2.02. The average molecular weight is 263 g/mol. The summed E-state index contributed by atoms with van der Waals surface area (Å²) in [6, 6.07) is 8.18. The number of benzene rings is 1. The zero-order valence-corrected chi connectivity index (χ0v) is 12.1. The molecule has 2 nitrogen and oxygen atoms in total. The summed E-state index contributed by atoms with van der Waals surface area (Å²) in [7, 11) is 2.10. The van der Waals surface area contributed by atoms with Crippen molar-refractivity contribution in [2.24, 2.45) is 7.05 Å². The number of hydrogen-bond donors (Lipinski definition) is 1. The molecule has 0 unspecified atom stereocenters. The minimum absolute atomic E-state index is 0.806. The summed E-state index contributed by atoms with van der Waals surface area (Å²) in [5.74, 6) is 0. The monoisotopic (exact) mass is 262 g/mol. The summed E-state index contributed by atoms with van der Waals surface area (Å²) >= 11 is 6.11. The number of aryl methyl sites for hydroxylation is 1. The van der Waals surface area contributed by atoms with Gasteiger partial charge in [-0.1, -0.05) is 17.7 Å². The van der Waals surface area contributed by atoms with Crippen LogP contribution in [0.25, 0.3) is 0 Å². The van der Waals surface area contributed by atoms with Gasteiger partial charge in [-0.3, -0.25) is 0 Å². The van der Waals surface area contributed by atoms with E-state index < -0.39 is 0 Å². The van der Waals surface area contributed by atoms with E-state index in [9.17, 15) is 0 Å². The summed E-state index contributed by atoms with van der Waals surface area (Å²) in [6.07, 6.45) is 0. The Morgan fingerprint density at radius 2 is 1.94 bits per heavy atom. The Bertz CT molecular complexity index is 570. The molecule has 18 heavy (non-hydrogen) atoms. The smallest absolute Gasteiger partial charge is 0.0455 e. The number of nitrogens with one attached hydrogen (secondary N) is 1. The minimum Gasteiger partial charge on any atom is -0.381 e. The molecular formula is C15H19ClN2. The van der Waals surface area contributed by atoms with Crippen LogP contribution in [0.4, 0.5) is 5.69 Å². The Labute approximate surface area is 114 Å². The van der Waals surface area contributed by atoms with Gasteiger partial charge in [0.2, 0.25) is 0 Å². The van der Waals surface area contributed by atoms with Gasteiger partial charge >= 0.3 is 0 Å². The van der Waals surface area contributed by atoms with Crippen LogP contribution in [0.5, 0.6) is 0 Å². The van der Waals surface area contributed by atoms with E-state index in [1.807, 2.05) is 19.1 Å². The Kier molecular flexibility index (Phi) is 3.67. The summed E-state index contributed by atoms with van der Waals surface area (Å²) < 4.78 is 2.21. The van der Waals surface area contributed by atoms with Crippen LogP contribution in [0.2, 0.25) is 5.02 Å². The summed E-state index contributed by atoms with van der Waals surface area (Å²) in [6.45, 7) is 7.14. The number of rotatable bonds is 3. The van der Waals surface area contributed by atoms with Crippen molar-refractivity contribution in [2.45, 2.75) is 27.3 Å². The van der Waals surface area contributed by atoms with Gasteiger partial charge in [-0.05, 0) is 50.1 Å².